The quantitative estimate of drug-likeness (QED) is 0.883. The minimum atomic E-state index is -0.282. The number of carbonyl (C=O) groups excluding carboxylic acids is 1. The molecule has 0 radical (unpaired) electrons. The van der Waals surface area contributed by atoms with Gasteiger partial charge in [0.15, 0.2) is 0 Å². The molecular weight excluding hydrogens is 334 g/mol. The van der Waals surface area contributed by atoms with Gasteiger partial charge in [-0.25, -0.2) is 0 Å². The number of aryl methyl sites for hydroxylation is 2. The molecule has 0 saturated carbocycles. The minimum absolute atomic E-state index is 0.191. The minimum Gasteiger partial charge on any atom is -0.379 e. The van der Waals surface area contributed by atoms with Crippen LogP contribution in [-0.4, -0.2) is 36.4 Å². The Morgan fingerprint density at radius 1 is 1.42 bits per heavy atom. The van der Waals surface area contributed by atoms with E-state index in [2.05, 4.69) is 10.5 Å². The van der Waals surface area contributed by atoms with Crippen molar-refractivity contribution >= 4 is 5.91 Å². The van der Waals surface area contributed by atoms with E-state index in [-0.39, 0.29) is 18.1 Å². The molecule has 0 aliphatic carbocycles. The van der Waals surface area contributed by atoms with Crippen molar-refractivity contribution in [1.82, 2.24) is 10.5 Å². The molecule has 7 nitrogen and oxygen atoms in total. The zero-order valence-electron chi connectivity index (χ0n) is 14.8. The fraction of sp³-hybridized carbons (Fsp3) is 0.421. The first kappa shape index (κ1) is 18.1. The van der Waals surface area contributed by atoms with Gasteiger partial charge in [0.1, 0.15) is 11.9 Å². The van der Waals surface area contributed by atoms with Gasteiger partial charge >= 0.3 is 0 Å². The second kappa shape index (κ2) is 8.13. The van der Waals surface area contributed by atoms with Crippen LogP contribution in [0.5, 0.6) is 0 Å². The Bertz CT molecular complexity index is 805. The third kappa shape index (κ3) is 3.93. The predicted octanol–water partition coefficient (Wildman–Crippen LogP) is 2.27. The number of benzene rings is 1. The number of nitrogens with one attached hydrogen (secondary N) is 1. The van der Waals surface area contributed by atoms with E-state index in [1.54, 1.807) is 24.3 Å². The van der Waals surface area contributed by atoms with Gasteiger partial charge < -0.3 is 19.3 Å². The molecule has 2 aromatic rings. The van der Waals surface area contributed by atoms with Gasteiger partial charge in [-0.2, -0.15) is 5.26 Å². The molecule has 1 amide bonds. The lowest BCUT2D eigenvalue weighted by atomic mass is 10.0. The van der Waals surface area contributed by atoms with Gasteiger partial charge in [-0.05, 0) is 32.4 Å². The molecule has 26 heavy (non-hydrogen) atoms. The third-order valence-corrected chi connectivity index (χ3v) is 4.54. The summed E-state index contributed by atoms with van der Waals surface area (Å²) >= 11 is 0. The number of aromatic nitrogens is 1. The van der Waals surface area contributed by atoms with Gasteiger partial charge in [-0.3, -0.25) is 4.79 Å². The zero-order chi connectivity index (χ0) is 18.5. The van der Waals surface area contributed by atoms with Crippen molar-refractivity contribution in [2.75, 3.05) is 13.2 Å². The molecule has 136 valence electrons. The van der Waals surface area contributed by atoms with Crippen molar-refractivity contribution < 1.29 is 18.8 Å². The third-order valence-electron chi connectivity index (χ3n) is 4.54. The summed E-state index contributed by atoms with van der Waals surface area (Å²) in [5.41, 5.74) is 2.43. The molecule has 7 heteroatoms. The SMILES string of the molecule is Cc1noc(C)c1CO[C@@H]1COCC[C@H]1NC(=O)c1ccccc1C#N. The molecule has 1 aromatic heterocycles. The van der Waals surface area contributed by atoms with Crippen LogP contribution in [0.2, 0.25) is 0 Å². The summed E-state index contributed by atoms with van der Waals surface area (Å²) in [4.78, 5) is 12.6. The molecule has 0 bridgehead atoms. The molecule has 1 aliphatic rings. The van der Waals surface area contributed by atoms with E-state index in [1.165, 1.54) is 0 Å². The molecule has 1 aromatic carbocycles. The van der Waals surface area contributed by atoms with Gasteiger partial charge in [0.05, 0.1) is 42.1 Å². The molecule has 1 N–H and O–H groups in total. The highest BCUT2D eigenvalue weighted by Gasteiger charge is 2.29. The van der Waals surface area contributed by atoms with E-state index >= 15 is 0 Å². The van der Waals surface area contributed by atoms with Gasteiger partial charge in [-0.15, -0.1) is 0 Å². The average molecular weight is 355 g/mol. The molecule has 3 rings (SSSR count). The van der Waals surface area contributed by atoms with Crippen LogP contribution in [0.3, 0.4) is 0 Å². The van der Waals surface area contributed by atoms with E-state index in [4.69, 9.17) is 14.0 Å². The number of nitrogens with zero attached hydrogens (tertiary/aromatic N) is 2. The van der Waals surface area contributed by atoms with Gasteiger partial charge in [0, 0.05) is 12.2 Å². The molecule has 2 heterocycles. The van der Waals surface area contributed by atoms with Crippen molar-refractivity contribution in [3.8, 4) is 6.07 Å². The fourth-order valence-corrected chi connectivity index (χ4v) is 2.96. The first-order chi connectivity index (χ1) is 12.6. The second-order valence-corrected chi connectivity index (χ2v) is 6.25. The van der Waals surface area contributed by atoms with Gasteiger partial charge in [0.25, 0.3) is 5.91 Å². The van der Waals surface area contributed by atoms with Crippen LogP contribution < -0.4 is 5.32 Å². The lowest BCUT2D eigenvalue weighted by Gasteiger charge is -2.32. The van der Waals surface area contributed by atoms with Gasteiger partial charge in [-0.1, -0.05) is 17.3 Å². The Morgan fingerprint density at radius 3 is 2.96 bits per heavy atom. The summed E-state index contributed by atoms with van der Waals surface area (Å²) in [7, 11) is 0. The summed E-state index contributed by atoms with van der Waals surface area (Å²) in [5, 5.41) is 16.1. The maximum absolute atomic E-state index is 12.6. The number of nitriles is 1. The maximum atomic E-state index is 12.6. The summed E-state index contributed by atoms with van der Waals surface area (Å²) < 4.78 is 16.6. The Kier molecular flexibility index (Phi) is 5.66. The Balaban J connectivity index is 1.67. The topological polar surface area (TPSA) is 97.4 Å². The standard InChI is InChI=1S/C19H21N3O4/c1-12-16(13(2)26-22-12)10-25-18-11-24-8-7-17(18)21-19(23)15-6-4-3-5-14(15)9-20/h3-6,17-18H,7-8,10-11H2,1-2H3,(H,21,23)/t17-,18-/m1/s1. The molecule has 0 spiro atoms. The highest BCUT2D eigenvalue weighted by molar-refractivity contribution is 5.96. The average Bonchev–Trinajstić information content (AvgIpc) is 2.98. The summed E-state index contributed by atoms with van der Waals surface area (Å²) in [6.07, 6.45) is 0.364. The van der Waals surface area contributed by atoms with Crippen LogP contribution in [0.25, 0.3) is 0 Å². The van der Waals surface area contributed by atoms with Crippen LogP contribution in [0.4, 0.5) is 0 Å². The Morgan fingerprint density at radius 2 is 2.23 bits per heavy atom. The Hall–Kier alpha value is -2.69. The zero-order valence-corrected chi connectivity index (χ0v) is 14.8. The maximum Gasteiger partial charge on any atom is 0.252 e. The fourth-order valence-electron chi connectivity index (χ4n) is 2.96. The summed E-state index contributed by atoms with van der Waals surface area (Å²) in [6.45, 7) is 5.00. The Labute approximate surface area is 151 Å². The van der Waals surface area contributed by atoms with Crippen molar-refractivity contribution in [3.05, 3.63) is 52.4 Å². The molecule has 1 fully saturated rings. The van der Waals surface area contributed by atoms with Crippen molar-refractivity contribution in [2.24, 2.45) is 0 Å². The van der Waals surface area contributed by atoms with Crippen LogP contribution in [-0.2, 0) is 16.1 Å². The molecule has 2 atom stereocenters. The van der Waals surface area contributed by atoms with E-state index in [9.17, 15) is 10.1 Å². The first-order valence-corrected chi connectivity index (χ1v) is 8.51. The summed E-state index contributed by atoms with van der Waals surface area (Å²) in [6, 6.07) is 8.61. The van der Waals surface area contributed by atoms with E-state index < -0.39 is 0 Å². The number of rotatable bonds is 5. The molecular formula is C19H21N3O4. The molecule has 0 unspecified atom stereocenters. The second-order valence-electron chi connectivity index (χ2n) is 6.25. The first-order valence-electron chi connectivity index (χ1n) is 8.51. The molecule has 1 aliphatic heterocycles. The number of carbonyl (C=O) groups is 1. The lowest BCUT2D eigenvalue weighted by molar-refractivity contribution is -0.0739. The number of hydrogen-bond acceptors (Lipinski definition) is 6. The van der Waals surface area contributed by atoms with E-state index in [0.29, 0.717) is 37.4 Å². The van der Waals surface area contributed by atoms with E-state index in [0.717, 1.165) is 17.0 Å². The number of hydrogen-bond donors (Lipinski definition) is 1. The highest BCUT2D eigenvalue weighted by Crippen LogP contribution is 2.19. The number of ether oxygens (including phenoxy) is 2. The van der Waals surface area contributed by atoms with Crippen LogP contribution in [0.15, 0.2) is 28.8 Å². The number of amides is 1. The largest absolute Gasteiger partial charge is 0.379 e. The monoisotopic (exact) mass is 355 g/mol. The summed E-state index contributed by atoms with van der Waals surface area (Å²) in [5.74, 6) is 0.447. The van der Waals surface area contributed by atoms with Crippen LogP contribution in [0.1, 0.15) is 39.4 Å². The smallest absolute Gasteiger partial charge is 0.252 e. The van der Waals surface area contributed by atoms with Crippen molar-refractivity contribution in [1.29, 1.82) is 5.26 Å². The van der Waals surface area contributed by atoms with E-state index in [1.807, 2.05) is 19.9 Å². The normalized spacial score (nSPS) is 19.7. The van der Waals surface area contributed by atoms with Crippen LogP contribution in [0, 0.1) is 25.2 Å². The van der Waals surface area contributed by atoms with Crippen molar-refractivity contribution in [2.45, 2.75) is 39.0 Å². The predicted molar refractivity (Wildman–Crippen MR) is 92.4 cm³/mol. The highest BCUT2D eigenvalue weighted by atomic mass is 16.5. The molecule has 1 saturated heterocycles. The van der Waals surface area contributed by atoms with Gasteiger partial charge in [0.2, 0.25) is 0 Å². The lowest BCUT2D eigenvalue weighted by Crippen LogP contribution is -2.50. The van der Waals surface area contributed by atoms with Crippen molar-refractivity contribution in [3.63, 3.8) is 0 Å². The van der Waals surface area contributed by atoms with Crippen LogP contribution >= 0.6 is 0 Å².